The Morgan fingerprint density at radius 3 is 2.43 bits per heavy atom. The summed E-state index contributed by atoms with van der Waals surface area (Å²) < 4.78 is 51.0. The van der Waals surface area contributed by atoms with E-state index in [1.165, 1.54) is 0 Å². The lowest BCUT2D eigenvalue weighted by Gasteiger charge is -2.17. The zero-order valence-corrected chi connectivity index (χ0v) is 10.7. The monoisotopic (exact) mass is 305 g/mol. The molecule has 114 valence electrons. The van der Waals surface area contributed by atoms with Crippen LogP contribution in [0.1, 0.15) is 22.3 Å². The number of carbonyl (C=O) groups excluding carboxylic acids is 1. The normalized spacial score (nSPS) is 18.9. The van der Waals surface area contributed by atoms with Crippen molar-refractivity contribution in [1.29, 1.82) is 0 Å². The van der Waals surface area contributed by atoms with Gasteiger partial charge in [-0.3, -0.25) is 9.59 Å². The van der Waals surface area contributed by atoms with Crippen LogP contribution in [0.2, 0.25) is 0 Å². The predicted octanol–water partition coefficient (Wildman–Crippen LogP) is 2.39. The van der Waals surface area contributed by atoms with E-state index >= 15 is 0 Å². The first-order valence-corrected chi connectivity index (χ1v) is 6.08. The van der Waals surface area contributed by atoms with Crippen molar-refractivity contribution in [2.75, 3.05) is 13.1 Å². The van der Waals surface area contributed by atoms with Gasteiger partial charge >= 0.3 is 12.1 Å². The molecule has 2 rings (SSSR count). The van der Waals surface area contributed by atoms with Crippen molar-refractivity contribution in [3.63, 3.8) is 0 Å². The lowest BCUT2D eigenvalue weighted by Crippen LogP contribution is -2.30. The minimum Gasteiger partial charge on any atom is -0.481 e. The van der Waals surface area contributed by atoms with Crippen LogP contribution in [-0.4, -0.2) is 35.0 Å². The summed E-state index contributed by atoms with van der Waals surface area (Å²) >= 11 is 0. The number of carbonyl (C=O) groups is 2. The highest BCUT2D eigenvalue weighted by Crippen LogP contribution is 2.31. The summed E-state index contributed by atoms with van der Waals surface area (Å²) in [5, 5.41) is 8.83. The molecule has 4 nitrogen and oxygen atoms in total. The molecule has 0 saturated carbocycles. The Labute approximate surface area is 117 Å². The van der Waals surface area contributed by atoms with E-state index in [4.69, 9.17) is 5.11 Å². The molecule has 1 amide bonds. The Bertz CT molecular complexity index is 585. The van der Waals surface area contributed by atoms with Crippen LogP contribution in [0.4, 0.5) is 17.6 Å². The van der Waals surface area contributed by atoms with Crippen LogP contribution in [0.25, 0.3) is 0 Å². The maximum absolute atomic E-state index is 13.2. The topological polar surface area (TPSA) is 57.6 Å². The third-order valence-corrected chi connectivity index (χ3v) is 3.30. The number of nitrogens with zero attached hydrogens (tertiary/aromatic N) is 1. The molecule has 0 spiro atoms. The van der Waals surface area contributed by atoms with Gasteiger partial charge in [0.05, 0.1) is 11.5 Å². The number of hydrogen-bond acceptors (Lipinski definition) is 2. The maximum atomic E-state index is 13.2. The molecular weight excluding hydrogens is 294 g/mol. The van der Waals surface area contributed by atoms with E-state index < -0.39 is 40.9 Å². The van der Waals surface area contributed by atoms with Crippen molar-refractivity contribution >= 4 is 11.9 Å². The average Bonchev–Trinajstić information content (AvgIpc) is 2.85. The van der Waals surface area contributed by atoms with Gasteiger partial charge < -0.3 is 10.0 Å². The van der Waals surface area contributed by atoms with Gasteiger partial charge in [0.15, 0.2) is 0 Å². The largest absolute Gasteiger partial charge is 0.481 e. The number of carboxylic acid groups (broad SMARTS) is 1. The van der Waals surface area contributed by atoms with Gasteiger partial charge in [0.1, 0.15) is 5.82 Å². The minimum atomic E-state index is -4.76. The van der Waals surface area contributed by atoms with E-state index in [0.717, 1.165) is 4.90 Å². The van der Waals surface area contributed by atoms with Crippen molar-refractivity contribution < 1.29 is 32.3 Å². The third kappa shape index (κ3) is 3.32. The van der Waals surface area contributed by atoms with Crippen LogP contribution in [-0.2, 0) is 11.0 Å². The fourth-order valence-corrected chi connectivity index (χ4v) is 2.21. The van der Waals surface area contributed by atoms with Crippen LogP contribution in [0.5, 0.6) is 0 Å². The van der Waals surface area contributed by atoms with E-state index in [1.54, 1.807) is 0 Å². The number of carboxylic acids is 1. The molecule has 21 heavy (non-hydrogen) atoms. The number of amides is 1. The smallest absolute Gasteiger partial charge is 0.416 e. The minimum absolute atomic E-state index is 0.0912. The first-order valence-electron chi connectivity index (χ1n) is 6.08. The molecule has 0 aromatic heterocycles. The van der Waals surface area contributed by atoms with E-state index in [9.17, 15) is 27.2 Å². The average molecular weight is 305 g/mol. The van der Waals surface area contributed by atoms with E-state index in [1.807, 2.05) is 0 Å². The van der Waals surface area contributed by atoms with Crippen LogP contribution in [0.15, 0.2) is 18.2 Å². The van der Waals surface area contributed by atoms with Crippen LogP contribution in [0, 0.1) is 11.7 Å². The standard InChI is InChI=1S/C13H11F4NO3/c14-10-4-8(3-9(5-10)13(15,16)17)11(19)18-2-1-7(6-18)12(20)21/h3-5,7H,1-2,6H2,(H,20,21)/t7-/m1/s1. The highest BCUT2D eigenvalue weighted by Gasteiger charge is 2.34. The first-order chi connectivity index (χ1) is 9.68. The lowest BCUT2D eigenvalue weighted by atomic mass is 10.1. The van der Waals surface area contributed by atoms with Gasteiger partial charge in [-0.2, -0.15) is 13.2 Å². The second-order valence-electron chi connectivity index (χ2n) is 4.80. The molecule has 1 N–H and O–H groups in total. The summed E-state index contributed by atoms with van der Waals surface area (Å²) in [6, 6.07) is 1.59. The second-order valence-corrected chi connectivity index (χ2v) is 4.80. The molecule has 0 radical (unpaired) electrons. The zero-order chi connectivity index (χ0) is 15.8. The highest BCUT2D eigenvalue weighted by atomic mass is 19.4. The van der Waals surface area contributed by atoms with Crippen LogP contribution >= 0.6 is 0 Å². The molecule has 0 aliphatic carbocycles. The molecule has 0 unspecified atom stereocenters. The summed E-state index contributed by atoms with van der Waals surface area (Å²) in [6.07, 6.45) is -4.53. The van der Waals surface area contributed by atoms with E-state index in [0.29, 0.717) is 18.2 Å². The van der Waals surface area contributed by atoms with Crippen LogP contribution in [0.3, 0.4) is 0 Å². The molecule has 1 atom stereocenters. The Kier molecular flexibility index (Phi) is 3.89. The number of alkyl halides is 3. The number of aliphatic carboxylic acids is 1. The molecule has 0 bridgehead atoms. The van der Waals surface area contributed by atoms with E-state index in [-0.39, 0.29) is 19.5 Å². The van der Waals surface area contributed by atoms with Crippen molar-refractivity contribution in [2.24, 2.45) is 5.92 Å². The maximum Gasteiger partial charge on any atom is 0.416 e. The summed E-state index contributed by atoms with van der Waals surface area (Å²) in [7, 11) is 0. The number of halogens is 4. The molecule has 1 aromatic carbocycles. The fourth-order valence-electron chi connectivity index (χ4n) is 2.21. The summed E-state index contributed by atoms with van der Waals surface area (Å²) in [4.78, 5) is 24.0. The van der Waals surface area contributed by atoms with Crippen LogP contribution < -0.4 is 0 Å². The molecule has 1 aliphatic rings. The zero-order valence-electron chi connectivity index (χ0n) is 10.7. The quantitative estimate of drug-likeness (QED) is 0.854. The van der Waals surface area contributed by atoms with Crippen molar-refractivity contribution in [3.05, 3.63) is 35.1 Å². The van der Waals surface area contributed by atoms with Gasteiger partial charge in [-0.05, 0) is 24.6 Å². The van der Waals surface area contributed by atoms with Crippen molar-refractivity contribution in [2.45, 2.75) is 12.6 Å². The lowest BCUT2D eigenvalue weighted by molar-refractivity contribution is -0.141. The number of benzene rings is 1. The van der Waals surface area contributed by atoms with Crippen molar-refractivity contribution in [1.82, 2.24) is 4.90 Å². The predicted molar refractivity (Wildman–Crippen MR) is 63.0 cm³/mol. The molecule has 1 aromatic rings. The highest BCUT2D eigenvalue weighted by molar-refractivity contribution is 5.95. The van der Waals surface area contributed by atoms with E-state index in [2.05, 4.69) is 0 Å². The second kappa shape index (κ2) is 5.34. The number of hydrogen-bond donors (Lipinski definition) is 1. The Morgan fingerprint density at radius 2 is 1.90 bits per heavy atom. The molecule has 1 aliphatic heterocycles. The molecule has 8 heteroatoms. The van der Waals surface area contributed by atoms with Gasteiger partial charge in [0.2, 0.25) is 0 Å². The number of likely N-dealkylation sites (tertiary alicyclic amines) is 1. The van der Waals surface area contributed by atoms with Crippen molar-refractivity contribution in [3.8, 4) is 0 Å². The Morgan fingerprint density at radius 1 is 1.24 bits per heavy atom. The number of rotatable bonds is 2. The van der Waals surface area contributed by atoms with Gasteiger partial charge in [-0.15, -0.1) is 0 Å². The fraction of sp³-hybridized carbons (Fsp3) is 0.385. The molecule has 1 heterocycles. The summed E-state index contributed by atoms with van der Waals surface area (Å²) in [5.74, 6) is -3.78. The SMILES string of the molecule is O=C(O)[C@@H]1CCN(C(=O)c2cc(F)cc(C(F)(F)F)c2)C1. The first kappa shape index (κ1) is 15.3. The summed E-state index contributed by atoms with van der Waals surface area (Å²) in [5.41, 5.74) is -1.69. The molecule has 1 saturated heterocycles. The van der Waals surface area contributed by atoms with Gasteiger partial charge in [-0.1, -0.05) is 0 Å². The van der Waals surface area contributed by atoms with Gasteiger partial charge in [-0.25, -0.2) is 4.39 Å². The molecule has 1 fully saturated rings. The molecular formula is C13H11F4NO3. The van der Waals surface area contributed by atoms with Gasteiger partial charge in [0, 0.05) is 18.7 Å². The summed E-state index contributed by atoms with van der Waals surface area (Å²) in [6.45, 7) is 0.0275. The Balaban J connectivity index is 2.24. The third-order valence-electron chi connectivity index (χ3n) is 3.30. The Hall–Kier alpha value is -2.12. The van der Waals surface area contributed by atoms with Gasteiger partial charge in [0.25, 0.3) is 5.91 Å².